The highest BCUT2D eigenvalue weighted by molar-refractivity contribution is 5.71. The normalized spacial score (nSPS) is 12.8. The van der Waals surface area contributed by atoms with E-state index in [4.69, 9.17) is 14.2 Å². The lowest BCUT2D eigenvalue weighted by molar-refractivity contribution is -0.167. The molecule has 1 atom stereocenters. The summed E-state index contributed by atoms with van der Waals surface area (Å²) in [5.41, 5.74) is 0. The SMILES string of the molecule is CC/C=C\C/C=C\C/C=C\C/C=C\CCCCCCCCCCCCCCC(=O)OCC(COC(=O)CCCCCCC/C=C\C/C=C\C/C=C\CC)OC(=O)CCCCCCCCCCCCCCC/C=C\C/C=C\CCCCCCC. The van der Waals surface area contributed by atoms with Crippen LogP contribution >= 0.6 is 0 Å². The third-order valence-electron chi connectivity index (χ3n) is 15.2. The first-order chi connectivity index (χ1) is 41.0. The van der Waals surface area contributed by atoms with Gasteiger partial charge in [0.25, 0.3) is 0 Å². The largest absolute Gasteiger partial charge is 0.462 e. The zero-order chi connectivity index (χ0) is 59.9. The fraction of sp³-hybridized carbons (Fsp3) is 0.727. The first-order valence-corrected chi connectivity index (χ1v) is 35.4. The number of carbonyl (C=O) groups is 3. The van der Waals surface area contributed by atoms with Crippen LogP contribution in [0.15, 0.2) is 109 Å². The van der Waals surface area contributed by atoms with E-state index in [2.05, 4.69) is 130 Å². The van der Waals surface area contributed by atoms with Crippen LogP contribution in [0, 0.1) is 0 Å². The van der Waals surface area contributed by atoms with Crippen LogP contribution in [0.1, 0.15) is 342 Å². The van der Waals surface area contributed by atoms with Gasteiger partial charge >= 0.3 is 17.9 Å². The first kappa shape index (κ1) is 79.1. The van der Waals surface area contributed by atoms with Crippen molar-refractivity contribution in [3.63, 3.8) is 0 Å². The molecule has 83 heavy (non-hydrogen) atoms. The number of rotatable bonds is 64. The summed E-state index contributed by atoms with van der Waals surface area (Å²) in [5, 5.41) is 0. The van der Waals surface area contributed by atoms with Gasteiger partial charge in [-0.1, -0.05) is 310 Å². The maximum atomic E-state index is 13.0. The highest BCUT2D eigenvalue weighted by Gasteiger charge is 2.19. The predicted octanol–water partition coefficient (Wildman–Crippen LogP) is 24.6. The molecule has 0 bridgehead atoms. The standard InChI is InChI=1S/C77H132O6/c1-4-7-10-13-16-19-22-25-28-30-32-34-36-38-40-42-44-46-49-52-55-58-61-64-67-70-76(79)82-73-74(72-81-75(78)69-66-63-60-57-54-51-48-27-24-21-18-15-12-9-6-3)83-77(80)71-68-65-62-59-56-53-50-47-45-43-41-39-37-35-33-31-29-26-23-20-17-14-11-8-5-2/h7,9-10,12,16,18-19,21,23,25-28,31-34,48,74H,4-6,8,11,13-15,17,20,22,24,29-30,35-47,49-73H2,1-3H3/b10-7-,12-9-,19-16-,21-18-,26-23-,28-25-,33-31-,34-32-,48-27-. The van der Waals surface area contributed by atoms with Gasteiger partial charge in [-0.25, -0.2) is 0 Å². The van der Waals surface area contributed by atoms with Crippen molar-refractivity contribution in [3.05, 3.63) is 109 Å². The van der Waals surface area contributed by atoms with E-state index in [1.54, 1.807) is 0 Å². The number of unbranched alkanes of at least 4 members (excludes halogenated alkanes) is 35. The lowest BCUT2D eigenvalue weighted by atomic mass is 10.0. The van der Waals surface area contributed by atoms with Crippen LogP contribution in [-0.2, 0) is 28.6 Å². The maximum Gasteiger partial charge on any atom is 0.306 e. The Hall–Kier alpha value is -3.93. The van der Waals surface area contributed by atoms with E-state index in [1.807, 2.05) is 0 Å². The maximum absolute atomic E-state index is 13.0. The number of allylic oxidation sites excluding steroid dienone is 18. The van der Waals surface area contributed by atoms with Crippen LogP contribution in [0.3, 0.4) is 0 Å². The van der Waals surface area contributed by atoms with Crippen molar-refractivity contribution in [1.82, 2.24) is 0 Å². The smallest absolute Gasteiger partial charge is 0.306 e. The lowest BCUT2D eigenvalue weighted by Gasteiger charge is -2.18. The molecule has 0 aliphatic carbocycles. The summed E-state index contributed by atoms with van der Waals surface area (Å²) in [6.07, 6.45) is 96.8. The lowest BCUT2D eigenvalue weighted by Crippen LogP contribution is -2.30. The fourth-order valence-electron chi connectivity index (χ4n) is 10.0. The monoisotopic (exact) mass is 1150 g/mol. The van der Waals surface area contributed by atoms with Crippen LogP contribution in [-0.4, -0.2) is 37.2 Å². The van der Waals surface area contributed by atoms with Crippen LogP contribution in [0.4, 0.5) is 0 Å². The second kappa shape index (κ2) is 70.6. The molecule has 476 valence electrons. The van der Waals surface area contributed by atoms with Crippen molar-refractivity contribution in [1.29, 1.82) is 0 Å². The summed E-state index contributed by atoms with van der Waals surface area (Å²) < 4.78 is 17.0. The minimum Gasteiger partial charge on any atom is -0.462 e. The predicted molar refractivity (Wildman–Crippen MR) is 362 cm³/mol. The second-order valence-electron chi connectivity index (χ2n) is 23.4. The third-order valence-corrected chi connectivity index (χ3v) is 15.2. The van der Waals surface area contributed by atoms with Crippen LogP contribution in [0.25, 0.3) is 0 Å². The Kier molecular flexibility index (Phi) is 67.2. The summed E-state index contributed by atoms with van der Waals surface area (Å²) in [7, 11) is 0. The summed E-state index contributed by atoms with van der Waals surface area (Å²) in [4.78, 5) is 38.5. The van der Waals surface area contributed by atoms with Crippen LogP contribution < -0.4 is 0 Å². The Bertz CT molecular complexity index is 1660. The molecule has 0 aliphatic rings. The zero-order valence-electron chi connectivity index (χ0n) is 54.7. The van der Waals surface area contributed by atoms with E-state index in [0.717, 1.165) is 128 Å². The van der Waals surface area contributed by atoms with Gasteiger partial charge in [0.15, 0.2) is 6.10 Å². The van der Waals surface area contributed by atoms with E-state index in [9.17, 15) is 14.4 Å². The number of esters is 3. The summed E-state index contributed by atoms with van der Waals surface area (Å²) in [6, 6.07) is 0. The van der Waals surface area contributed by atoms with Crippen molar-refractivity contribution in [2.75, 3.05) is 13.2 Å². The number of ether oxygens (including phenoxy) is 3. The molecule has 0 aromatic carbocycles. The quantitative estimate of drug-likeness (QED) is 0.0261. The second-order valence-corrected chi connectivity index (χ2v) is 23.4. The molecule has 0 aromatic rings. The Morgan fingerprint density at radius 3 is 0.735 bits per heavy atom. The van der Waals surface area contributed by atoms with Crippen molar-refractivity contribution in [2.24, 2.45) is 0 Å². The topological polar surface area (TPSA) is 78.9 Å². The molecule has 0 heterocycles. The molecular weight excluding hydrogens is 1020 g/mol. The van der Waals surface area contributed by atoms with Gasteiger partial charge in [0.05, 0.1) is 0 Å². The van der Waals surface area contributed by atoms with Gasteiger partial charge in [-0.2, -0.15) is 0 Å². The zero-order valence-corrected chi connectivity index (χ0v) is 54.7. The van der Waals surface area contributed by atoms with E-state index in [-0.39, 0.29) is 31.1 Å². The minimum absolute atomic E-state index is 0.0839. The molecule has 0 spiro atoms. The Labute approximate surface area is 514 Å². The van der Waals surface area contributed by atoms with Crippen LogP contribution in [0.5, 0.6) is 0 Å². The van der Waals surface area contributed by atoms with Gasteiger partial charge < -0.3 is 14.2 Å². The van der Waals surface area contributed by atoms with Crippen molar-refractivity contribution in [3.8, 4) is 0 Å². The molecule has 0 aliphatic heterocycles. The Morgan fingerprint density at radius 2 is 0.470 bits per heavy atom. The minimum atomic E-state index is -0.790. The highest BCUT2D eigenvalue weighted by atomic mass is 16.6. The molecule has 0 rings (SSSR count). The average Bonchev–Trinajstić information content (AvgIpc) is 3.49. The Morgan fingerprint density at radius 1 is 0.253 bits per heavy atom. The van der Waals surface area contributed by atoms with E-state index in [0.29, 0.717) is 19.3 Å². The molecule has 0 saturated carbocycles. The highest BCUT2D eigenvalue weighted by Crippen LogP contribution is 2.17. The molecule has 0 aromatic heterocycles. The third kappa shape index (κ3) is 68.7. The van der Waals surface area contributed by atoms with Gasteiger partial charge in [-0.3, -0.25) is 14.4 Å². The number of hydrogen-bond donors (Lipinski definition) is 0. The van der Waals surface area contributed by atoms with E-state index < -0.39 is 6.10 Å². The van der Waals surface area contributed by atoms with E-state index in [1.165, 1.54) is 173 Å². The molecule has 0 N–H and O–H groups in total. The van der Waals surface area contributed by atoms with Gasteiger partial charge in [0.1, 0.15) is 13.2 Å². The molecule has 0 fully saturated rings. The first-order valence-electron chi connectivity index (χ1n) is 35.4. The van der Waals surface area contributed by atoms with Crippen molar-refractivity contribution >= 4 is 17.9 Å². The molecule has 6 heteroatoms. The van der Waals surface area contributed by atoms with Crippen molar-refractivity contribution in [2.45, 2.75) is 348 Å². The molecule has 6 nitrogen and oxygen atoms in total. The van der Waals surface area contributed by atoms with Gasteiger partial charge in [0, 0.05) is 19.3 Å². The fourth-order valence-corrected chi connectivity index (χ4v) is 10.0. The number of carbonyl (C=O) groups excluding carboxylic acids is 3. The van der Waals surface area contributed by atoms with Gasteiger partial charge in [-0.05, 0) is 122 Å². The van der Waals surface area contributed by atoms with Crippen LogP contribution in [0.2, 0.25) is 0 Å². The molecule has 0 amide bonds. The van der Waals surface area contributed by atoms with E-state index >= 15 is 0 Å². The van der Waals surface area contributed by atoms with Gasteiger partial charge in [0.2, 0.25) is 0 Å². The summed E-state index contributed by atoms with van der Waals surface area (Å²) in [6.45, 7) is 6.43. The average molecular weight is 1150 g/mol. The number of hydrogen-bond acceptors (Lipinski definition) is 6. The molecular formula is C77H132O6. The molecule has 0 saturated heterocycles. The molecule has 0 radical (unpaired) electrons. The molecule has 1 unspecified atom stereocenters. The summed E-state index contributed by atoms with van der Waals surface area (Å²) >= 11 is 0. The Balaban J connectivity index is 4.33. The van der Waals surface area contributed by atoms with Crippen molar-refractivity contribution < 1.29 is 28.6 Å². The van der Waals surface area contributed by atoms with Gasteiger partial charge in [-0.15, -0.1) is 0 Å². The summed E-state index contributed by atoms with van der Waals surface area (Å²) in [5.74, 6) is -0.890.